The number of hydrogen-bond acceptors (Lipinski definition) is 9. The second-order valence-electron chi connectivity index (χ2n) is 12.0. The van der Waals surface area contributed by atoms with Gasteiger partial charge in [-0.15, -0.1) is 0 Å². The van der Waals surface area contributed by atoms with E-state index < -0.39 is 15.6 Å². The van der Waals surface area contributed by atoms with Gasteiger partial charge in [0.15, 0.2) is 5.78 Å². The molecular weight excluding hydrogens is 584 g/mol. The second kappa shape index (κ2) is 11.0. The third-order valence-corrected chi connectivity index (χ3v) is 10.3. The Morgan fingerprint density at radius 1 is 1.07 bits per heavy atom. The highest BCUT2D eigenvalue weighted by Gasteiger charge is 2.44. The van der Waals surface area contributed by atoms with E-state index in [4.69, 9.17) is 4.74 Å². The number of amides is 2. The van der Waals surface area contributed by atoms with Gasteiger partial charge in [0.05, 0.1) is 41.5 Å². The summed E-state index contributed by atoms with van der Waals surface area (Å²) in [6.07, 6.45) is 4.07. The molecule has 1 atom stereocenters. The number of anilines is 2. The van der Waals surface area contributed by atoms with E-state index in [0.717, 1.165) is 12.8 Å². The molecule has 0 unspecified atom stereocenters. The summed E-state index contributed by atoms with van der Waals surface area (Å²) in [6.45, 7) is 5.92. The maximum atomic E-state index is 13.6. The van der Waals surface area contributed by atoms with Crippen LogP contribution in [-0.4, -0.2) is 100 Å². The lowest BCUT2D eigenvalue weighted by atomic mass is 10.0. The van der Waals surface area contributed by atoms with Crippen LogP contribution in [-0.2, 0) is 14.8 Å². The number of hydrogen-bond donors (Lipinski definition) is 1. The summed E-state index contributed by atoms with van der Waals surface area (Å²) >= 11 is 0. The molecule has 1 N–H and O–H groups in total. The first-order valence-corrected chi connectivity index (χ1v) is 16.1. The van der Waals surface area contributed by atoms with Gasteiger partial charge in [0, 0.05) is 50.4 Å². The van der Waals surface area contributed by atoms with Crippen molar-refractivity contribution in [2.24, 2.45) is 4.99 Å². The molecule has 13 heteroatoms. The molecular formula is C31H36N6O6S. The summed E-state index contributed by atoms with van der Waals surface area (Å²) in [5, 5.41) is 0. The topological polar surface area (TPSA) is 132 Å². The highest BCUT2D eigenvalue weighted by molar-refractivity contribution is 7.89. The van der Waals surface area contributed by atoms with Gasteiger partial charge in [0.25, 0.3) is 5.91 Å². The van der Waals surface area contributed by atoms with Crippen molar-refractivity contribution in [1.29, 1.82) is 0 Å². The number of nitrogens with one attached hydrogen (secondary N) is 1. The molecule has 0 spiro atoms. The van der Waals surface area contributed by atoms with Gasteiger partial charge >= 0.3 is 0 Å². The predicted molar refractivity (Wildman–Crippen MR) is 166 cm³/mol. The summed E-state index contributed by atoms with van der Waals surface area (Å²) in [6, 6.07) is 9.74. The third kappa shape index (κ3) is 5.45. The number of piperazine rings is 1. The Hall–Kier alpha value is -4.23. The lowest BCUT2D eigenvalue weighted by Crippen LogP contribution is -2.53. The van der Waals surface area contributed by atoms with Crippen LogP contribution in [0.3, 0.4) is 0 Å². The van der Waals surface area contributed by atoms with E-state index in [-0.39, 0.29) is 28.5 Å². The fraction of sp³-hybridized carbons (Fsp3) is 0.419. The van der Waals surface area contributed by atoms with Crippen molar-refractivity contribution in [3.05, 3.63) is 59.7 Å². The number of ketones is 1. The predicted octanol–water partition coefficient (Wildman–Crippen LogP) is 2.26. The Morgan fingerprint density at radius 2 is 1.75 bits per heavy atom. The van der Waals surface area contributed by atoms with Crippen LogP contribution in [0.1, 0.15) is 47.4 Å². The molecule has 0 radical (unpaired) electrons. The fourth-order valence-electron chi connectivity index (χ4n) is 5.78. The minimum atomic E-state index is -3.90. The molecule has 12 nitrogen and oxygen atoms in total. The molecule has 0 bridgehead atoms. The zero-order valence-corrected chi connectivity index (χ0v) is 26.1. The largest absolute Gasteiger partial charge is 0.497 e. The van der Waals surface area contributed by atoms with E-state index in [1.807, 2.05) is 23.6 Å². The van der Waals surface area contributed by atoms with Crippen molar-refractivity contribution in [3.8, 4) is 5.75 Å². The normalized spacial score (nSPS) is 20.9. The molecule has 2 aromatic rings. The number of fused-ring (bicyclic) bond motifs is 3. The summed E-state index contributed by atoms with van der Waals surface area (Å²) in [5.41, 5.74) is 1.52. The number of guanidine groups is 1. The smallest absolute Gasteiger partial charge is 0.262 e. The van der Waals surface area contributed by atoms with Crippen LogP contribution in [0.4, 0.5) is 11.4 Å². The Balaban J connectivity index is 1.26. The average Bonchev–Trinajstić information content (AvgIpc) is 3.61. The van der Waals surface area contributed by atoms with E-state index in [2.05, 4.69) is 9.71 Å². The number of allylic oxidation sites excluding steroid dienone is 1. The molecule has 2 fully saturated rings. The van der Waals surface area contributed by atoms with Crippen LogP contribution in [0.2, 0.25) is 0 Å². The molecule has 3 heterocycles. The molecule has 0 aromatic heterocycles. The SMILES string of the molecule is COc1ccc(C(=O)/C=C/C(=O)N2CCN(c3cc(S(=O)(=O)NC4(C)CC4)cc4c3N3C(=NC[C@H]3C)N(C)C4=O)CC2)cc1. The molecule has 44 heavy (non-hydrogen) atoms. The molecule has 2 aromatic carbocycles. The van der Waals surface area contributed by atoms with Gasteiger partial charge in [-0.3, -0.25) is 24.3 Å². The third-order valence-electron chi connectivity index (χ3n) is 8.67. The van der Waals surface area contributed by atoms with Crippen molar-refractivity contribution in [1.82, 2.24) is 14.5 Å². The van der Waals surface area contributed by atoms with Gasteiger partial charge in [-0.2, -0.15) is 0 Å². The molecule has 6 rings (SSSR count). The lowest BCUT2D eigenvalue weighted by molar-refractivity contribution is -0.126. The Morgan fingerprint density at radius 3 is 2.39 bits per heavy atom. The molecule has 232 valence electrons. The summed E-state index contributed by atoms with van der Waals surface area (Å²) in [7, 11) is -0.705. The molecule has 3 aliphatic heterocycles. The summed E-state index contributed by atoms with van der Waals surface area (Å²) in [4.78, 5) is 50.9. The zero-order chi connectivity index (χ0) is 31.4. The first-order chi connectivity index (χ1) is 20.9. The maximum Gasteiger partial charge on any atom is 0.262 e. The number of methoxy groups -OCH3 is 1. The van der Waals surface area contributed by atoms with Gasteiger partial charge in [0.1, 0.15) is 5.75 Å². The average molecular weight is 621 g/mol. The molecule has 2 amide bonds. The number of ether oxygens (including phenoxy) is 1. The summed E-state index contributed by atoms with van der Waals surface area (Å²) < 4.78 is 34.9. The van der Waals surface area contributed by atoms with Crippen LogP contribution in [0.5, 0.6) is 5.75 Å². The molecule has 1 aliphatic carbocycles. The zero-order valence-electron chi connectivity index (χ0n) is 25.2. The highest BCUT2D eigenvalue weighted by Crippen LogP contribution is 2.43. The van der Waals surface area contributed by atoms with Gasteiger partial charge in [-0.1, -0.05) is 0 Å². The number of sulfonamides is 1. The van der Waals surface area contributed by atoms with Gasteiger partial charge in [-0.25, -0.2) is 13.1 Å². The van der Waals surface area contributed by atoms with E-state index in [1.165, 1.54) is 23.1 Å². The van der Waals surface area contributed by atoms with Crippen molar-refractivity contribution >= 4 is 45.0 Å². The van der Waals surface area contributed by atoms with Crippen LogP contribution >= 0.6 is 0 Å². The van der Waals surface area contributed by atoms with E-state index in [0.29, 0.717) is 66.9 Å². The lowest BCUT2D eigenvalue weighted by Gasteiger charge is -2.42. The van der Waals surface area contributed by atoms with Crippen LogP contribution in [0.15, 0.2) is 58.4 Å². The molecule has 1 saturated carbocycles. The van der Waals surface area contributed by atoms with Gasteiger partial charge in [-0.05, 0) is 69.2 Å². The standard InChI is InChI=1S/C31H36N6O6S/c1-20-19-32-30-34(3)29(40)24-17-23(44(41,42)33-31(2)11-12-31)18-25(28(24)37(20)30)35-13-15-36(16-14-35)27(39)10-9-26(38)21-5-7-22(43-4)8-6-21/h5-10,17-18,20,33H,11-16,19H2,1-4H3/b10-9+/t20-/m1/s1. The maximum absolute atomic E-state index is 13.6. The Bertz CT molecular complexity index is 1690. The van der Waals surface area contributed by atoms with E-state index in [9.17, 15) is 22.8 Å². The number of nitrogens with zero attached hydrogens (tertiary/aromatic N) is 5. The number of carbonyl (C=O) groups is 3. The number of carbonyl (C=O) groups excluding carboxylic acids is 3. The van der Waals surface area contributed by atoms with E-state index >= 15 is 0 Å². The van der Waals surface area contributed by atoms with Crippen molar-refractivity contribution in [3.63, 3.8) is 0 Å². The number of benzene rings is 2. The minimum absolute atomic E-state index is 0.0275. The fourth-order valence-corrected chi connectivity index (χ4v) is 7.29. The number of rotatable bonds is 8. The monoisotopic (exact) mass is 620 g/mol. The van der Waals surface area contributed by atoms with Crippen molar-refractivity contribution in [2.75, 3.05) is 56.7 Å². The van der Waals surface area contributed by atoms with Crippen LogP contribution in [0.25, 0.3) is 0 Å². The quantitative estimate of drug-likeness (QED) is 0.351. The Kier molecular flexibility index (Phi) is 7.49. The van der Waals surface area contributed by atoms with Crippen LogP contribution in [0, 0.1) is 0 Å². The van der Waals surface area contributed by atoms with Crippen LogP contribution < -0.4 is 19.3 Å². The van der Waals surface area contributed by atoms with Crippen molar-refractivity contribution < 1.29 is 27.5 Å². The Labute approximate surface area is 257 Å². The highest BCUT2D eigenvalue weighted by atomic mass is 32.2. The number of aliphatic imine (C=N–C) groups is 1. The van der Waals surface area contributed by atoms with Gasteiger partial charge < -0.3 is 19.4 Å². The molecule has 4 aliphatic rings. The molecule has 1 saturated heterocycles. The van der Waals surface area contributed by atoms with Crippen molar-refractivity contribution in [2.45, 2.75) is 43.2 Å². The second-order valence-corrected chi connectivity index (χ2v) is 13.6. The minimum Gasteiger partial charge on any atom is -0.497 e. The first-order valence-electron chi connectivity index (χ1n) is 14.6. The first kappa shape index (κ1) is 29.8. The van der Waals surface area contributed by atoms with E-state index in [1.54, 1.807) is 49.4 Å². The summed E-state index contributed by atoms with van der Waals surface area (Å²) in [5.74, 6) is 0.281. The van der Waals surface area contributed by atoms with Gasteiger partial charge in [0.2, 0.25) is 21.9 Å².